The molecule has 0 atom stereocenters. The van der Waals surface area contributed by atoms with Crippen molar-refractivity contribution < 1.29 is 4.39 Å². The fourth-order valence-corrected chi connectivity index (χ4v) is 2.27. The Bertz CT molecular complexity index is 924. The molecular formula is C12H9FN4O2S. The van der Waals surface area contributed by atoms with Crippen molar-refractivity contribution in [2.24, 2.45) is 7.05 Å². The minimum atomic E-state index is -0.520. The molecule has 0 spiro atoms. The molecule has 6 nitrogen and oxygen atoms in total. The molecule has 102 valence electrons. The lowest BCUT2D eigenvalue weighted by molar-refractivity contribution is 0.628. The van der Waals surface area contributed by atoms with E-state index in [-0.39, 0.29) is 16.4 Å². The average molecular weight is 292 g/mol. The maximum atomic E-state index is 13.0. The van der Waals surface area contributed by atoms with E-state index in [1.165, 1.54) is 31.3 Å². The van der Waals surface area contributed by atoms with Crippen LogP contribution in [0, 0.1) is 5.82 Å². The molecule has 2 heterocycles. The molecule has 0 radical (unpaired) electrons. The fourth-order valence-electron chi connectivity index (χ4n) is 2.08. The van der Waals surface area contributed by atoms with Crippen LogP contribution in [-0.2, 0) is 7.05 Å². The highest BCUT2D eigenvalue weighted by Gasteiger charge is 2.18. The van der Waals surface area contributed by atoms with Gasteiger partial charge in [0.25, 0.3) is 5.56 Å². The highest BCUT2D eigenvalue weighted by Crippen LogP contribution is 2.20. The molecule has 0 bridgehead atoms. The number of fused-ring (bicyclic) bond motifs is 1. The molecule has 0 saturated carbocycles. The van der Waals surface area contributed by atoms with Gasteiger partial charge in [-0.2, -0.15) is 4.52 Å². The van der Waals surface area contributed by atoms with Crippen LogP contribution in [0.15, 0.2) is 39.0 Å². The second-order valence-corrected chi connectivity index (χ2v) is 4.64. The predicted octanol–water partition coefficient (Wildman–Crippen LogP) is 0.816. The van der Waals surface area contributed by atoms with E-state index >= 15 is 0 Å². The lowest BCUT2D eigenvalue weighted by Gasteiger charge is -1.99. The smallest absolute Gasteiger partial charge is 0.285 e. The summed E-state index contributed by atoms with van der Waals surface area (Å²) in [5.74, 6) is -0.408. The zero-order valence-corrected chi connectivity index (χ0v) is 11.2. The number of hydrogen-bond donors (Lipinski definition) is 2. The summed E-state index contributed by atoms with van der Waals surface area (Å²) < 4.78 is 15.2. The third-order valence-corrected chi connectivity index (χ3v) is 3.20. The van der Waals surface area contributed by atoms with Crippen molar-refractivity contribution in [2.45, 2.75) is 5.16 Å². The van der Waals surface area contributed by atoms with Gasteiger partial charge < -0.3 is 0 Å². The van der Waals surface area contributed by atoms with Crippen LogP contribution in [0.1, 0.15) is 0 Å². The first kappa shape index (κ1) is 12.7. The standard InChI is InChI=1S/C12H9FN4O2S/c1-16-10(18)8(6-2-4-7(13)5-3-6)9-14-11(20)15-12(19)17(9)16/h2-5H,1H3,(H2,14,15,19,20). The molecule has 1 aromatic carbocycles. The molecule has 1 N–H and O–H groups in total. The second-order valence-electron chi connectivity index (χ2n) is 4.21. The molecule has 0 aliphatic carbocycles. The van der Waals surface area contributed by atoms with E-state index < -0.39 is 17.1 Å². The van der Waals surface area contributed by atoms with Crippen molar-refractivity contribution in [3.8, 4) is 11.1 Å². The average Bonchev–Trinajstić information content (AvgIpc) is 2.63. The summed E-state index contributed by atoms with van der Waals surface area (Å²) in [5, 5.41) is 0.101. The molecule has 0 saturated heterocycles. The van der Waals surface area contributed by atoms with Gasteiger partial charge in [0, 0.05) is 7.05 Å². The van der Waals surface area contributed by atoms with Crippen LogP contribution in [0.2, 0.25) is 0 Å². The summed E-state index contributed by atoms with van der Waals surface area (Å²) in [5.41, 5.74) is -0.0198. The summed E-state index contributed by atoms with van der Waals surface area (Å²) in [6.07, 6.45) is 0. The van der Waals surface area contributed by atoms with Gasteiger partial charge in [-0.25, -0.2) is 18.9 Å². The van der Waals surface area contributed by atoms with Crippen molar-refractivity contribution >= 4 is 18.3 Å². The van der Waals surface area contributed by atoms with Crippen molar-refractivity contribution in [2.75, 3.05) is 0 Å². The van der Waals surface area contributed by atoms with Gasteiger partial charge in [-0.15, -0.1) is 12.6 Å². The summed E-state index contributed by atoms with van der Waals surface area (Å²) in [6.45, 7) is 0. The van der Waals surface area contributed by atoms with E-state index in [1.807, 2.05) is 0 Å². The van der Waals surface area contributed by atoms with Gasteiger partial charge in [-0.05, 0) is 17.7 Å². The Kier molecular flexibility index (Phi) is 2.75. The molecule has 20 heavy (non-hydrogen) atoms. The first-order valence-electron chi connectivity index (χ1n) is 5.66. The summed E-state index contributed by atoms with van der Waals surface area (Å²) >= 11 is 4.00. The van der Waals surface area contributed by atoms with E-state index in [4.69, 9.17) is 0 Å². The molecule has 3 rings (SSSR count). The quantitative estimate of drug-likeness (QED) is 0.652. The highest BCUT2D eigenvalue weighted by atomic mass is 32.1. The zero-order chi connectivity index (χ0) is 14.4. The maximum absolute atomic E-state index is 13.0. The third-order valence-electron chi connectivity index (χ3n) is 2.99. The maximum Gasteiger partial charge on any atom is 0.348 e. The van der Waals surface area contributed by atoms with Crippen molar-refractivity contribution in [3.63, 3.8) is 0 Å². The number of thiol groups is 1. The Morgan fingerprint density at radius 1 is 1.25 bits per heavy atom. The van der Waals surface area contributed by atoms with E-state index in [0.717, 1.165) is 9.20 Å². The van der Waals surface area contributed by atoms with Gasteiger partial charge in [0.15, 0.2) is 10.8 Å². The molecular weight excluding hydrogens is 283 g/mol. The second kappa shape index (κ2) is 4.34. The van der Waals surface area contributed by atoms with Crippen LogP contribution in [0.25, 0.3) is 16.8 Å². The summed E-state index contributed by atoms with van der Waals surface area (Å²) in [6, 6.07) is 5.42. The number of H-pyrrole nitrogens is 1. The first-order chi connectivity index (χ1) is 9.49. The molecule has 0 fully saturated rings. The van der Waals surface area contributed by atoms with Crippen LogP contribution in [0.3, 0.4) is 0 Å². The van der Waals surface area contributed by atoms with E-state index in [1.54, 1.807) is 0 Å². The van der Waals surface area contributed by atoms with Gasteiger partial charge in [-0.1, -0.05) is 12.1 Å². The lowest BCUT2D eigenvalue weighted by atomic mass is 10.1. The number of aromatic amines is 1. The predicted molar refractivity (Wildman–Crippen MR) is 73.7 cm³/mol. The zero-order valence-electron chi connectivity index (χ0n) is 10.3. The van der Waals surface area contributed by atoms with Gasteiger partial charge in [-0.3, -0.25) is 9.78 Å². The third kappa shape index (κ3) is 1.76. The Balaban J connectivity index is 2.48. The molecule has 3 aromatic rings. The Labute approximate surface area is 116 Å². The Hall–Kier alpha value is -2.35. The number of nitrogens with one attached hydrogen (secondary N) is 1. The normalized spacial score (nSPS) is 11.2. The van der Waals surface area contributed by atoms with E-state index in [9.17, 15) is 14.0 Å². The topological polar surface area (TPSA) is 72.2 Å². The van der Waals surface area contributed by atoms with Gasteiger partial charge >= 0.3 is 5.69 Å². The van der Waals surface area contributed by atoms with Crippen LogP contribution < -0.4 is 11.2 Å². The molecule has 0 aliphatic heterocycles. The van der Waals surface area contributed by atoms with E-state index in [2.05, 4.69) is 22.6 Å². The largest absolute Gasteiger partial charge is 0.348 e. The van der Waals surface area contributed by atoms with E-state index in [0.29, 0.717) is 5.56 Å². The SMILES string of the molecule is Cn1c(=O)c(-c2ccc(F)cc2)c2nc(S)[nH]c(=O)n21. The molecule has 2 aromatic heterocycles. The van der Waals surface area contributed by atoms with Crippen molar-refractivity contribution in [1.29, 1.82) is 0 Å². The number of halogens is 1. The monoisotopic (exact) mass is 292 g/mol. The van der Waals surface area contributed by atoms with Crippen molar-refractivity contribution in [1.82, 2.24) is 19.2 Å². The summed E-state index contributed by atoms with van der Waals surface area (Å²) in [4.78, 5) is 30.6. The van der Waals surface area contributed by atoms with Crippen LogP contribution >= 0.6 is 12.6 Å². The number of hydrogen-bond acceptors (Lipinski definition) is 4. The van der Waals surface area contributed by atoms with Gasteiger partial charge in [0.2, 0.25) is 0 Å². The minimum absolute atomic E-state index is 0.101. The Morgan fingerprint density at radius 3 is 2.55 bits per heavy atom. The number of nitrogens with zero attached hydrogens (tertiary/aromatic N) is 3. The van der Waals surface area contributed by atoms with Crippen LogP contribution in [0.4, 0.5) is 4.39 Å². The molecule has 0 aliphatic rings. The van der Waals surface area contributed by atoms with Gasteiger partial charge in [0.1, 0.15) is 5.82 Å². The molecule has 8 heteroatoms. The van der Waals surface area contributed by atoms with Crippen LogP contribution in [-0.4, -0.2) is 19.2 Å². The number of rotatable bonds is 1. The number of aromatic nitrogens is 4. The molecule has 0 unspecified atom stereocenters. The lowest BCUT2D eigenvalue weighted by Crippen LogP contribution is -2.26. The van der Waals surface area contributed by atoms with Crippen LogP contribution in [0.5, 0.6) is 0 Å². The minimum Gasteiger partial charge on any atom is -0.285 e. The number of benzene rings is 1. The Morgan fingerprint density at radius 2 is 1.90 bits per heavy atom. The highest BCUT2D eigenvalue weighted by molar-refractivity contribution is 7.80. The van der Waals surface area contributed by atoms with Crippen molar-refractivity contribution in [3.05, 3.63) is 50.9 Å². The number of aryl methyl sites for hydroxylation is 1. The first-order valence-corrected chi connectivity index (χ1v) is 6.10. The summed E-state index contributed by atoms with van der Waals surface area (Å²) in [7, 11) is 1.46. The molecule has 0 amide bonds. The fraction of sp³-hybridized carbons (Fsp3) is 0.0833. The van der Waals surface area contributed by atoms with Gasteiger partial charge in [0.05, 0.1) is 5.56 Å².